The summed E-state index contributed by atoms with van der Waals surface area (Å²) in [6.07, 6.45) is 1.53. The lowest BCUT2D eigenvalue weighted by molar-refractivity contribution is -0.118. The molecule has 0 bridgehead atoms. The zero-order valence-corrected chi connectivity index (χ0v) is 9.38. The van der Waals surface area contributed by atoms with Gasteiger partial charge in [0, 0.05) is 6.07 Å². The molecule has 1 amide bonds. The van der Waals surface area contributed by atoms with Gasteiger partial charge in [-0.25, -0.2) is 0 Å². The van der Waals surface area contributed by atoms with Crippen LogP contribution in [0, 0.1) is 11.3 Å². The van der Waals surface area contributed by atoms with E-state index in [4.69, 9.17) is 10.00 Å². The van der Waals surface area contributed by atoms with Crippen LogP contribution in [0.25, 0.3) is 0 Å². The Labute approximate surface area is 103 Å². The van der Waals surface area contributed by atoms with Gasteiger partial charge in [0.05, 0.1) is 11.8 Å². The number of para-hydroxylation sites is 1. The van der Waals surface area contributed by atoms with Crippen molar-refractivity contribution in [3.63, 3.8) is 0 Å². The molecule has 0 spiro atoms. The second-order valence-electron chi connectivity index (χ2n) is 3.42. The average molecular weight is 242 g/mol. The van der Waals surface area contributed by atoms with Crippen LogP contribution >= 0.6 is 0 Å². The van der Waals surface area contributed by atoms with Crippen LogP contribution in [0.15, 0.2) is 36.5 Å². The molecule has 0 saturated heterocycles. The van der Waals surface area contributed by atoms with Crippen molar-refractivity contribution in [2.75, 3.05) is 11.9 Å². The highest BCUT2D eigenvalue weighted by Gasteiger charge is 2.06. The zero-order valence-electron chi connectivity index (χ0n) is 9.38. The van der Waals surface area contributed by atoms with Crippen molar-refractivity contribution in [2.45, 2.75) is 0 Å². The van der Waals surface area contributed by atoms with Gasteiger partial charge in [-0.1, -0.05) is 12.1 Å². The molecule has 0 fully saturated rings. The largest absolute Gasteiger partial charge is 0.482 e. The smallest absolute Gasteiger partial charge is 0.263 e. The first-order chi connectivity index (χ1) is 8.79. The van der Waals surface area contributed by atoms with E-state index in [0.717, 1.165) is 0 Å². The monoisotopic (exact) mass is 242 g/mol. The van der Waals surface area contributed by atoms with Gasteiger partial charge in [-0.05, 0) is 12.1 Å². The van der Waals surface area contributed by atoms with Crippen molar-refractivity contribution < 1.29 is 9.53 Å². The number of anilines is 1. The van der Waals surface area contributed by atoms with Crippen molar-refractivity contribution in [1.82, 2.24) is 10.2 Å². The minimum atomic E-state index is -0.327. The van der Waals surface area contributed by atoms with Gasteiger partial charge < -0.3 is 10.1 Å². The van der Waals surface area contributed by atoms with Crippen LogP contribution < -0.4 is 10.1 Å². The van der Waals surface area contributed by atoms with E-state index in [2.05, 4.69) is 15.5 Å². The van der Waals surface area contributed by atoms with Gasteiger partial charge in [0.1, 0.15) is 17.6 Å². The Bertz CT molecular complexity index is 572. The van der Waals surface area contributed by atoms with Gasteiger partial charge in [-0.3, -0.25) is 9.89 Å². The van der Waals surface area contributed by atoms with Crippen LogP contribution in [0.1, 0.15) is 5.56 Å². The third-order valence-electron chi connectivity index (χ3n) is 2.14. The number of carbonyl (C=O) groups excluding carboxylic acids is 1. The first kappa shape index (κ1) is 11.7. The molecule has 0 radical (unpaired) electrons. The highest BCUT2D eigenvalue weighted by atomic mass is 16.5. The van der Waals surface area contributed by atoms with E-state index in [1.807, 2.05) is 6.07 Å². The SMILES string of the molecule is N#Cc1ccccc1OCC(=O)Nc1ccn[nH]1. The Balaban J connectivity index is 1.92. The maximum Gasteiger partial charge on any atom is 0.263 e. The Morgan fingerprint density at radius 3 is 3.00 bits per heavy atom. The quantitative estimate of drug-likeness (QED) is 0.845. The number of nitrogens with one attached hydrogen (secondary N) is 2. The summed E-state index contributed by atoms with van der Waals surface area (Å²) >= 11 is 0. The highest BCUT2D eigenvalue weighted by molar-refractivity contribution is 5.90. The Kier molecular flexibility index (Phi) is 3.56. The fourth-order valence-electron chi connectivity index (χ4n) is 1.34. The van der Waals surface area contributed by atoms with E-state index in [9.17, 15) is 4.79 Å². The number of rotatable bonds is 4. The summed E-state index contributed by atoms with van der Waals surface area (Å²) in [6, 6.07) is 10.4. The molecule has 1 aromatic heterocycles. The number of aromatic amines is 1. The molecule has 0 aliphatic carbocycles. The van der Waals surface area contributed by atoms with Crippen LogP contribution in [0.4, 0.5) is 5.82 Å². The number of aromatic nitrogens is 2. The van der Waals surface area contributed by atoms with Gasteiger partial charge in [-0.2, -0.15) is 10.4 Å². The predicted molar refractivity (Wildman–Crippen MR) is 63.9 cm³/mol. The molecule has 90 valence electrons. The maximum atomic E-state index is 11.5. The van der Waals surface area contributed by atoms with Crippen molar-refractivity contribution in [3.8, 4) is 11.8 Å². The number of nitrogens with zero attached hydrogens (tertiary/aromatic N) is 2. The normalized spacial score (nSPS) is 9.50. The number of H-pyrrole nitrogens is 1. The highest BCUT2D eigenvalue weighted by Crippen LogP contribution is 2.16. The summed E-state index contributed by atoms with van der Waals surface area (Å²) in [7, 11) is 0. The van der Waals surface area contributed by atoms with Crippen molar-refractivity contribution in [3.05, 3.63) is 42.1 Å². The molecule has 2 aromatic rings. The minimum absolute atomic E-state index is 0.169. The van der Waals surface area contributed by atoms with E-state index in [1.165, 1.54) is 6.20 Å². The standard InChI is InChI=1S/C12H10N4O2/c13-7-9-3-1-2-4-10(9)18-8-12(17)15-11-5-6-14-16-11/h1-6H,8H2,(H2,14,15,16,17). The molecule has 2 N–H and O–H groups in total. The molecule has 0 atom stereocenters. The lowest BCUT2D eigenvalue weighted by Gasteiger charge is -2.07. The van der Waals surface area contributed by atoms with Gasteiger partial charge >= 0.3 is 0 Å². The number of benzene rings is 1. The molecule has 2 rings (SSSR count). The molecular formula is C12H10N4O2. The molecule has 0 saturated carbocycles. The third kappa shape index (κ3) is 2.86. The number of amides is 1. The first-order valence-corrected chi connectivity index (χ1v) is 5.21. The molecule has 0 aliphatic rings. The van der Waals surface area contributed by atoms with Crippen LogP contribution in [0.3, 0.4) is 0 Å². The molecule has 1 heterocycles. The molecule has 0 aliphatic heterocycles. The number of carbonyl (C=O) groups is 1. The van der Waals surface area contributed by atoms with Gasteiger partial charge in [0.15, 0.2) is 6.61 Å². The van der Waals surface area contributed by atoms with E-state index in [-0.39, 0.29) is 12.5 Å². The molecule has 1 aromatic carbocycles. The fraction of sp³-hybridized carbons (Fsp3) is 0.0833. The van der Waals surface area contributed by atoms with Gasteiger partial charge in [0.2, 0.25) is 0 Å². The Morgan fingerprint density at radius 1 is 1.44 bits per heavy atom. The topological polar surface area (TPSA) is 90.8 Å². The summed E-state index contributed by atoms with van der Waals surface area (Å²) in [5.74, 6) is 0.559. The summed E-state index contributed by atoms with van der Waals surface area (Å²) in [6.45, 7) is -0.169. The molecule has 0 unspecified atom stereocenters. The minimum Gasteiger partial charge on any atom is -0.482 e. The number of ether oxygens (including phenoxy) is 1. The first-order valence-electron chi connectivity index (χ1n) is 5.21. The Hall–Kier alpha value is -2.81. The van der Waals surface area contributed by atoms with E-state index < -0.39 is 0 Å². The zero-order chi connectivity index (χ0) is 12.8. The van der Waals surface area contributed by atoms with Crippen LogP contribution in [0.5, 0.6) is 5.75 Å². The average Bonchev–Trinajstić information content (AvgIpc) is 2.89. The number of hydrogen-bond acceptors (Lipinski definition) is 4. The third-order valence-corrected chi connectivity index (χ3v) is 2.14. The van der Waals surface area contributed by atoms with Crippen LogP contribution in [-0.2, 0) is 4.79 Å². The van der Waals surface area contributed by atoms with Gasteiger partial charge in [0.25, 0.3) is 5.91 Å². The van der Waals surface area contributed by atoms with Gasteiger partial charge in [-0.15, -0.1) is 0 Å². The Morgan fingerprint density at radius 2 is 2.28 bits per heavy atom. The summed E-state index contributed by atoms with van der Waals surface area (Å²) in [5.41, 5.74) is 0.395. The second-order valence-corrected chi connectivity index (χ2v) is 3.42. The summed E-state index contributed by atoms with van der Waals surface area (Å²) in [5, 5.41) is 17.7. The van der Waals surface area contributed by atoms with Crippen LogP contribution in [0.2, 0.25) is 0 Å². The van der Waals surface area contributed by atoms with E-state index in [1.54, 1.807) is 30.3 Å². The number of hydrogen-bond donors (Lipinski definition) is 2. The second kappa shape index (κ2) is 5.50. The number of nitriles is 1. The maximum absolute atomic E-state index is 11.5. The lowest BCUT2D eigenvalue weighted by atomic mass is 10.2. The summed E-state index contributed by atoms with van der Waals surface area (Å²) < 4.78 is 5.27. The van der Waals surface area contributed by atoms with E-state index >= 15 is 0 Å². The van der Waals surface area contributed by atoms with E-state index in [0.29, 0.717) is 17.1 Å². The fourth-order valence-corrected chi connectivity index (χ4v) is 1.34. The molecule has 6 heteroatoms. The predicted octanol–water partition coefficient (Wildman–Crippen LogP) is 1.30. The lowest BCUT2D eigenvalue weighted by Crippen LogP contribution is -2.20. The summed E-state index contributed by atoms with van der Waals surface area (Å²) in [4.78, 5) is 11.5. The molecular weight excluding hydrogens is 232 g/mol. The van der Waals surface area contributed by atoms with Crippen molar-refractivity contribution >= 4 is 11.7 Å². The van der Waals surface area contributed by atoms with Crippen molar-refractivity contribution in [1.29, 1.82) is 5.26 Å². The molecule has 6 nitrogen and oxygen atoms in total. The van der Waals surface area contributed by atoms with Crippen LogP contribution in [-0.4, -0.2) is 22.7 Å². The van der Waals surface area contributed by atoms with Crippen molar-refractivity contribution in [2.24, 2.45) is 0 Å². The molecule has 18 heavy (non-hydrogen) atoms.